The van der Waals surface area contributed by atoms with Crippen LogP contribution in [0.25, 0.3) is 0 Å². The topological polar surface area (TPSA) is 83.9 Å². The predicted octanol–water partition coefficient (Wildman–Crippen LogP) is 1.34. The van der Waals surface area contributed by atoms with Gasteiger partial charge in [-0.25, -0.2) is 0 Å². The van der Waals surface area contributed by atoms with Crippen LogP contribution in [0.5, 0.6) is 5.75 Å². The number of carbonyl (C=O) groups excluding carboxylic acids is 1. The number of ether oxygens (including phenoxy) is 2. The minimum absolute atomic E-state index is 0.0736. The molecule has 29 heavy (non-hydrogen) atoms. The van der Waals surface area contributed by atoms with Crippen molar-refractivity contribution in [1.82, 2.24) is 15.2 Å². The number of carbonyl (C=O) groups is 1. The molecule has 0 bridgehead atoms. The summed E-state index contributed by atoms with van der Waals surface area (Å²) < 4.78 is 11.6. The lowest BCUT2D eigenvalue weighted by molar-refractivity contribution is -0.0386. The van der Waals surface area contributed by atoms with Crippen molar-refractivity contribution < 1.29 is 19.4 Å². The van der Waals surface area contributed by atoms with Crippen LogP contribution in [0.2, 0.25) is 0 Å². The Kier molecular flexibility index (Phi) is 6.39. The third-order valence-corrected chi connectivity index (χ3v) is 5.67. The third kappa shape index (κ3) is 4.75. The summed E-state index contributed by atoms with van der Waals surface area (Å²) >= 11 is 0. The van der Waals surface area contributed by atoms with Crippen molar-refractivity contribution >= 4 is 5.91 Å². The van der Waals surface area contributed by atoms with Crippen molar-refractivity contribution in [2.24, 2.45) is 5.92 Å². The van der Waals surface area contributed by atoms with E-state index in [4.69, 9.17) is 9.47 Å². The van der Waals surface area contributed by atoms with Gasteiger partial charge in [0.2, 0.25) is 0 Å². The van der Waals surface area contributed by atoms with Crippen molar-refractivity contribution in [3.63, 3.8) is 0 Å². The second kappa shape index (κ2) is 9.35. The average molecular weight is 397 g/mol. The van der Waals surface area contributed by atoms with Crippen LogP contribution in [0.1, 0.15) is 16.9 Å². The summed E-state index contributed by atoms with van der Waals surface area (Å²) in [6.07, 6.45) is 1.32. The van der Waals surface area contributed by atoms with E-state index in [1.165, 1.54) is 0 Å². The lowest BCUT2D eigenvalue weighted by atomic mass is 10.0. The highest BCUT2D eigenvalue weighted by molar-refractivity contribution is 5.92. The van der Waals surface area contributed by atoms with Gasteiger partial charge in [-0.15, -0.1) is 0 Å². The van der Waals surface area contributed by atoms with Crippen molar-refractivity contribution in [3.8, 4) is 5.75 Å². The monoisotopic (exact) mass is 397 g/mol. The molecule has 4 rings (SSSR count). The Morgan fingerprint density at radius 1 is 1.17 bits per heavy atom. The largest absolute Gasteiger partial charge is 0.488 e. The maximum atomic E-state index is 12.4. The van der Waals surface area contributed by atoms with Gasteiger partial charge in [0.15, 0.2) is 0 Å². The Bertz CT molecular complexity index is 783. The number of nitrogens with zero attached hydrogens (tertiary/aromatic N) is 2. The fraction of sp³-hybridized carbons (Fsp3) is 0.455. The third-order valence-electron chi connectivity index (χ3n) is 5.67. The van der Waals surface area contributed by atoms with Crippen LogP contribution < -0.4 is 10.1 Å². The molecule has 1 amide bonds. The zero-order valence-electron chi connectivity index (χ0n) is 16.3. The highest BCUT2D eigenvalue weighted by Crippen LogP contribution is 2.33. The van der Waals surface area contributed by atoms with Crippen molar-refractivity contribution in [3.05, 3.63) is 60.4 Å². The van der Waals surface area contributed by atoms with E-state index in [-0.39, 0.29) is 24.0 Å². The number of aromatic nitrogens is 1. The summed E-state index contributed by atoms with van der Waals surface area (Å²) in [6.45, 7) is 3.30. The van der Waals surface area contributed by atoms with E-state index < -0.39 is 6.10 Å². The molecule has 1 saturated heterocycles. The fourth-order valence-electron chi connectivity index (χ4n) is 4.27. The Labute approximate surface area is 170 Å². The van der Waals surface area contributed by atoms with Gasteiger partial charge in [0.05, 0.1) is 13.2 Å². The van der Waals surface area contributed by atoms with Crippen LogP contribution in [-0.4, -0.2) is 72.0 Å². The molecule has 2 heterocycles. The molecule has 1 aromatic heterocycles. The number of aliphatic hydroxyl groups excluding tert-OH is 1. The predicted molar refractivity (Wildman–Crippen MR) is 108 cm³/mol. The number of rotatable bonds is 6. The number of nitrogens with one attached hydrogen (secondary N) is 1. The second-order valence-corrected chi connectivity index (χ2v) is 7.52. The maximum Gasteiger partial charge on any atom is 0.269 e. The first-order valence-electron chi connectivity index (χ1n) is 10.1. The molecule has 0 radical (unpaired) electrons. The Hall–Kier alpha value is -2.48. The zero-order valence-corrected chi connectivity index (χ0v) is 16.3. The van der Waals surface area contributed by atoms with E-state index in [2.05, 4.69) is 15.2 Å². The van der Waals surface area contributed by atoms with E-state index in [0.29, 0.717) is 31.9 Å². The molecule has 0 unspecified atom stereocenters. The number of para-hydroxylation sites is 1. The molecule has 0 spiro atoms. The van der Waals surface area contributed by atoms with Crippen LogP contribution >= 0.6 is 0 Å². The standard InChI is InChI=1S/C22H27N3O4/c26-21-19(29-17-6-2-1-3-7-17)14-16(20(21)25-10-12-28-13-11-25)15-24-22(27)18-8-4-5-9-23-18/h1-9,16,19-21,26H,10-15H2,(H,24,27)/t16-,19+,20-,21-/m0/s1. The first-order chi connectivity index (χ1) is 14.2. The molecule has 7 heteroatoms. The Morgan fingerprint density at radius 2 is 1.93 bits per heavy atom. The molecule has 1 saturated carbocycles. The molecule has 2 aromatic rings. The van der Waals surface area contributed by atoms with Gasteiger partial charge < -0.3 is 19.9 Å². The number of amides is 1. The van der Waals surface area contributed by atoms with Crippen molar-refractivity contribution in [2.45, 2.75) is 24.7 Å². The smallest absolute Gasteiger partial charge is 0.269 e. The summed E-state index contributed by atoms with van der Waals surface area (Å²) in [6, 6.07) is 14.7. The van der Waals surface area contributed by atoms with Crippen LogP contribution in [0, 0.1) is 5.92 Å². The molecule has 154 valence electrons. The number of pyridine rings is 1. The molecule has 2 aliphatic rings. The van der Waals surface area contributed by atoms with Gasteiger partial charge in [-0.2, -0.15) is 0 Å². The highest BCUT2D eigenvalue weighted by atomic mass is 16.5. The fourth-order valence-corrected chi connectivity index (χ4v) is 4.27. The number of hydrogen-bond donors (Lipinski definition) is 2. The molecule has 7 nitrogen and oxygen atoms in total. The van der Waals surface area contributed by atoms with Gasteiger partial charge in [-0.1, -0.05) is 24.3 Å². The van der Waals surface area contributed by atoms with Gasteiger partial charge in [0, 0.05) is 31.9 Å². The van der Waals surface area contributed by atoms with Crippen LogP contribution in [-0.2, 0) is 4.74 Å². The number of aliphatic hydroxyl groups is 1. The SMILES string of the molecule is O=C(NC[C@@H]1C[C@@H](Oc2ccccc2)[C@H](O)[C@H]1N1CCOCC1)c1ccccn1. The molecule has 1 aromatic carbocycles. The van der Waals surface area contributed by atoms with Gasteiger partial charge in [0.25, 0.3) is 5.91 Å². The summed E-state index contributed by atoms with van der Waals surface area (Å²) in [5.74, 6) is 0.619. The quantitative estimate of drug-likeness (QED) is 0.765. The molecule has 1 aliphatic carbocycles. The first-order valence-corrected chi connectivity index (χ1v) is 10.1. The molecule has 2 fully saturated rings. The number of morpholine rings is 1. The van der Waals surface area contributed by atoms with E-state index in [1.54, 1.807) is 24.4 Å². The summed E-state index contributed by atoms with van der Waals surface area (Å²) in [5.41, 5.74) is 0.394. The average Bonchev–Trinajstić information content (AvgIpc) is 3.09. The van der Waals surface area contributed by atoms with Gasteiger partial charge in [0.1, 0.15) is 23.7 Å². The van der Waals surface area contributed by atoms with Crippen LogP contribution in [0.3, 0.4) is 0 Å². The first kappa shape index (κ1) is 19.8. The maximum absolute atomic E-state index is 12.4. The Morgan fingerprint density at radius 3 is 2.66 bits per heavy atom. The lowest BCUT2D eigenvalue weighted by Crippen LogP contribution is -2.52. The minimum Gasteiger partial charge on any atom is -0.488 e. The van der Waals surface area contributed by atoms with Gasteiger partial charge >= 0.3 is 0 Å². The zero-order chi connectivity index (χ0) is 20.1. The molecule has 4 atom stereocenters. The number of hydrogen-bond acceptors (Lipinski definition) is 6. The van der Waals surface area contributed by atoms with Crippen LogP contribution in [0.4, 0.5) is 0 Å². The summed E-state index contributed by atoms with van der Waals surface area (Å²) in [7, 11) is 0. The van der Waals surface area contributed by atoms with E-state index in [9.17, 15) is 9.90 Å². The van der Waals surface area contributed by atoms with Crippen molar-refractivity contribution in [1.29, 1.82) is 0 Å². The van der Waals surface area contributed by atoms with Crippen molar-refractivity contribution in [2.75, 3.05) is 32.8 Å². The molecular formula is C22H27N3O4. The number of benzene rings is 1. The lowest BCUT2D eigenvalue weighted by Gasteiger charge is -2.37. The van der Waals surface area contributed by atoms with Gasteiger partial charge in [-0.05, 0) is 36.6 Å². The second-order valence-electron chi connectivity index (χ2n) is 7.52. The molecule has 1 aliphatic heterocycles. The van der Waals surface area contributed by atoms with E-state index in [0.717, 1.165) is 18.8 Å². The van der Waals surface area contributed by atoms with E-state index >= 15 is 0 Å². The summed E-state index contributed by atoms with van der Waals surface area (Å²) in [5, 5.41) is 14.1. The highest BCUT2D eigenvalue weighted by Gasteiger charge is 2.46. The Balaban J connectivity index is 1.45. The minimum atomic E-state index is -0.634. The molecular weight excluding hydrogens is 370 g/mol. The normalized spacial score (nSPS) is 27.5. The summed E-state index contributed by atoms with van der Waals surface area (Å²) in [4.78, 5) is 18.8. The van der Waals surface area contributed by atoms with Crippen LogP contribution in [0.15, 0.2) is 54.7 Å². The molecule has 2 N–H and O–H groups in total. The van der Waals surface area contributed by atoms with Gasteiger partial charge in [-0.3, -0.25) is 14.7 Å². The van der Waals surface area contributed by atoms with E-state index in [1.807, 2.05) is 30.3 Å².